The predicted octanol–water partition coefficient (Wildman–Crippen LogP) is 4.65. The first-order valence-electron chi connectivity index (χ1n) is 10.7. The molecule has 1 amide bonds. The predicted molar refractivity (Wildman–Crippen MR) is 113 cm³/mol. The molecule has 164 valence electrons. The second-order valence-corrected chi connectivity index (χ2v) is 8.53. The standard InChI is InChI=1S/C24H26F3N3O/c25-24(26,27)19-8-4-5-15(13-19)14-20-21(29-23(28)30-22(20)31)18-11-9-17(10-12-18)16-6-2-1-3-7-16/h1-8,13,17-18,20-21H,9-12,14H2,(H3,28,29,30,31)/t17-,18-,20?,21?. The number of guanidine groups is 1. The Morgan fingerprint density at radius 2 is 1.71 bits per heavy atom. The lowest BCUT2D eigenvalue weighted by molar-refractivity contribution is -0.137. The Morgan fingerprint density at radius 1 is 1.00 bits per heavy atom. The van der Waals surface area contributed by atoms with E-state index >= 15 is 0 Å². The highest BCUT2D eigenvalue weighted by Gasteiger charge is 2.39. The number of benzene rings is 2. The van der Waals surface area contributed by atoms with Gasteiger partial charge >= 0.3 is 6.18 Å². The van der Waals surface area contributed by atoms with E-state index < -0.39 is 17.7 Å². The van der Waals surface area contributed by atoms with Gasteiger partial charge in [-0.2, -0.15) is 13.2 Å². The van der Waals surface area contributed by atoms with Crippen LogP contribution in [0.3, 0.4) is 0 Å². The van der Waals surface area contributed by atoms with Gasteiger partial charge in [-0.05, 0) is 61.1 Å². The van der Waals surface area contributed by atoms with Crippen molar-refractivity contribution in [1.82, 2.24) is 5.32 Å². The molecule has 1 aliphatic carbocycles. The first-order valence-corrected chi connectivity index (χ1v) is 10.7. The largest absolute Gasteiger partial charge is 0.416 e. The Balaban J connectivity index is 1.50. The van der Waals surface area contributed by atoms with E-state index in [0.717, 1.165) is 37.8 Å². The monoisotopic (exact) mass is 429 g/mol. The molecule has 31 heavy (non-hydrogen) atoms. The summed E-state index contributed by atoms with van der Waals surface area (Å²) >= 11 is 0. The number of carbonyl (C=O) groups excluding carboxylic acids is 1. The minimum Gasteiger partial charge on any atom is -0.370 e. The summed E-state index contributed by atoms with van der Waals surface area (Å²) in [6.45, 7) is 0. The van der Waals surface area contributed by atoms with Crippen LogP contribution in [0.5, 0.6) is 0 Å². The average Bonchev–Trinajstić information content (AvgIpc) is 2.76. The summed E-state index contributed by atoms with van der Waals surface area (Å²) in [7, 11) is 0. The lowest BCUT2D eigenvalue weighted by Crippen LogP contribution is -2.52. The fourth-order valence-corrected chi connectivity index (χ4v) is 4.95. The molecule has 1 heterocycles. The molecule has 2 atom stereocenters. The maximum atomic E-state index is 13.1. The van der Waals surface area contributed by atoms with Crippen LogP contribution in [0.2, 0.25) is 0 Å². The smallest absolute Gasteiger partial charge is 0.370 e. The van der Waals surface area contributed by atoms with E-state index in [0.29, 0.717) is 11.5 Å². The van der Waals surface area contributed by atoms with Gasteiger partial charge in [0.2, 0.25) is 5.91 Å². The van der Waals surface area contributed by atoms with Crippen LogP contribution in [0.25, 0.3) is 0 Å². The Bertz CT molecular complexity index is 950. The highest BCUT2D eigenvalue weighted by atomic mass is 19.4. The van der Waals surface area contributed by atoms with Gasteiger partial charge in [-0.1, -0.05) is 48.5 Å². The molecule has 1 saturated carbocycles. The number of alkyl halides is 3. The molecule has 1 fully saturated rings. The summed E-state index contributed by atoms with van der Waals surface area (Å²) in [5.41, 5.74) is 6.95. The number of hydrogen-bond donors (Lipinski definition) is 2. The highest BCUT2D eigenvalue weighted by Crippen LogP contribution is 2.40. The van der Waals surface area contributed by atoms with Crippen LogP contribution in [0.4, 0.5) is 13.2 Å². The van der Waals surface area contributed by atoms with E-state index in [1.54, 1.807) is 6.07 Å². The zero-order valence-electron chi connectivity index (χ0n) is 17.1. The van der Waals surface area contributed by atoms with E-state index in [-0.39, 0.29) is 30.2 Å². The summed E-state index contributed by atoms with van der Waals surface area (Å²) in [4.78, 5) is 17.3. The number of amides is 1. The summed E-state index contributed by atoms with van der Waals surface area (Å²) in [5, 5.41) is 2.56. The van der Waals surface area contributed by atoms with Gasteiger partial charge in [0.1, 0.15) is 0 Å². The number of halogens is 3. The molecule has 0 aromatic heterocycles. The van der Waals surface area contributed by atoms with Gasteiger partial charge in [-0.3, -0.25) is 10.1 Å². The van der Waals surface area contributed by atoms with E-state index in [1.807, 2.05) is 18.2 Å². The van der Waals surface area contributed by atoms with Crippen molar-refractivity contribution in [1.29, 1.82) is 0 Å². The average molecular weight is 429 g/mol. The molecule has 4 nitrogen and oxygen atoms in total. The summed E-state index contributed by atoms with van der Waals surface area (Å²) < 4.78 is 39.3. The Kier molecular flexibility index (Phi) is 6.03. The van der Waals surface area contributed by atoms with Gasteiger partial charge < -0.3 is 5.73 Å². The Hall–Kier alpha value is -2.83. The van der Waals surface area contributed by atoms with Crippen LogP contribution in [-0.4, -0.2) is 17.9 Å². The molecule has 2 aromatic carbocycles. The SMILES string of the molecule is NC1=NC([C@H]2CC[C@H](c3ccccc3)CC2)C(Cc2cccc(C(F)(F)F)c2)C(=O)N1. The van der Waals surface area contributed by atoms with E-state index in [9.17, 15) is 18.0 Å². The number of hydrogen-bond acceptors (Lipinski definition) is 3. The maximum Gasteiger partial charge on any atom is 0.416 e. The highest BCUT2D eigenvalue weighted by molar-refractivity contribution is 5.99. The van der Waals surface area contributed by atoms with Crippen LogP contribution in [0, 0.1) is 11.8 Å². The number of aliphatic imine (C=N–C) groups is 1. The van der Waals surface area contributed by atoms with Crippen molar-refractivity contribution in [3.05, 3.63) is 71.3 Å². The summed E-state index contributed by atoms with van der Waals surface area (Å²) in [5.74, 6) is -0.0342. The van der Waals surface area contributed by atoms with Gasteiger partial charge in [0.15, 0.2) is 5.96 Å². The summed E-state index contributed by atoms with van der Waals surface area (Å²) in [6.07, 6.45) is -0.393. The molecule has 7 heteroatoms. The minimum absolute atomic E-state index is 0.0977. The molecular formula is C24H26F3N3O. The molecule has 3 N–H and O–H groups in total. The third-order valence-corrected chi connectivity index (χ3v) is 6.52. The van der Waals surface area contributed by atoms with Crippen LogP contribution in [0.1, 0.15) is 48.3 Å². The number of nitrogens with zero attached hydrogens (tertiary/aromatic N) is 1. The molecule has 2 unspecified atom stereocenters. The van der Waals surface area contributed by atoms with Crippen molar-refractivity contribution in [3.8, 4) is 0 Å². The normalized spacial score (nSPS) is 26.8. The van der Waals surface area contributed by atoms with E-state index in [2.05, 4.69) is 22.4 Å². The quantitative estimate of drug-likeness (QED) is 0.743. The molecule has 0 saturated heterocycles. The number of rotatable bonds is 4. The Labute approximate surface area is 179 Å². The molecule has 0 radical (unpaired) electrons. The molecule has 0 bridgehead atoms. The van der Waals surface area contributed by atoms with Crippen molar-refractivity contribution in [2.24, 2.45) is 22.6 Å². The van der Waals surface area contributed by atoms with Crippen molar-refractivity contribution in [2.45, 2.75) is 50.2 Å². The lowest BCUT2D eigenvalue weighted by atomic mass is 9.72. The van der Waals surface area contributed by atoms with Crippen LogP contribution in [0.15, 0.2) is 59.6 Å². The van der Waals surface area contributed by atoms with Crippen molar-refractivity contribution in [2.75, 3.05) is 0 Å². The number of nitrogens with one attached hydrogen (secondary N) is 1. The number of carbonyl (C=O) groups is 1. The fraction of sp³-hybridized carbons (Fsp3) is 0.417. The van der Waals surface area contributed by atoms with E-state index in [1.165, 1.54) is 11.6 Å². The molecule has 0 spiro atoms. The molecule has 2 aromatic rings. The van der Waals surface area contributed by atoms with Crippen molar-refractivity contribution < 1.29 is 18.0 Å². The van der Waals surface area contributed by atoms with Crippen LogP contribution < -0.4 is 11.1 Å². The molecule has 1 aliphatic heterocycles. The third kappa shape index (κ3) is 4.92. The molecule has 2 aliphatic rings. The maximum absolute atomic E-state index is 13.1. The Morgan fingerprint density at radius 3 is 2.39 bits per heavy atom. The first kappa shape index (κ1) is 21.4. The number of nitrogens with two attached hydrogens (primary N) is 1. The third-order valence-electron chi connectivity index (χ3n) is 6.52. The van der Waals surface area contributed by atoms with Crippen LogP contribution >= 0.6 is 0 Å². The zero-order chi connectivity index (χ0) is 22.0. The van der Waals surface area contributed by atoms with Gasteiger partial charge in [-0.25, -0.2) is 4.99 Å². The summed E-state index contributed by atoms with van der Waals surface area (Å²) in [6, 6.07) is 15.3. The van der Waals surface area contributed by atoms with Crippen molar-refractivity contribution in [3.63, 3.8) is 0 Å². The molecular weight excluding hydrogens is 403 g/mol. The minimum atomic E-state index is -4.41. The lowest BCUT2D eigenvalue weighted by Gasteiger charge is -2.37. The fourth-order valence-electron chi connectivity index (χ4n) is 4.95. The van der Waals surface area contributed by atoms with Gasteiger partial charge in [0.05, 0.1) is 17.5 Å². The zero-order valence-corrected chi connectivity index (χ0v) is 17.1. The van der Waals surface area contributed by atoms with Gasteiger partial charge in [0, 0.05) is 0 Å². The van der Waals surface area contributed by atoms with Crippen LogP contribution in [-0.2, 0) is 17.4 Å². The van der Waals surface area contributed by atoms with Gasteiger partial charge in [-0.15, -0.1) is 0 Å². The molecule has 4 rings (SSSR count). The first-order chi connectivity index (χ1) is 14.8. The van der Waals surface area contributed by atoms with Crippen molar-refractivity contribution >= 4 is 11.9 Å². The topological polar surface area (TPSA) is 67.5 Å². The second-order valence-electron chi connectivity index (χ2n) is 8.53. The van der Waals surface area contributed by atoms with Gasteiger partial charge in [0.25, 0.3) is 0 Å². The van der Waals surface area contributed by atoms with E-state index in [4.69, 9.17) is 5.73 Å². The second kappa shape index (κ2) is 8.73.